The van der Waals surface area contributed by atoms with E-state index in [0.717, 1.165) is 17.8 Å². The van der Waals surface area contributed by atoms with E-state index in [1.165, 1.54) is 5.06 Å². The van der Waals surface area contributed by atoms with E-state index in [2.05, 4.69) is 9.97 Å². The number of rotatable bonds is 1. The van der Waals surface area contributed by atoms with Gasteiger partial charge in [-0.2, -0.15) is 0 Å². The lowest BCUT2D eigenvalue weighted by Crippen LogP contribution is -2.38. The molecule has 98 valence electrons. The van der Waals surface area contributed by atoms with Crippen LogP contribution in [0.5, 0.6) is 0 Å². The van der Waals surface area contributed by atoms with Crippen LogP contribution in [0, 0.1) is 12.3 Å². The van der Waals surface area contributed by atoms with Gasteiger partial charge in [0.05, 0.1) is 24.2 Å². The van der Waals surface area contributed by atoms with Crippen LogP contribution in [0.4, 0.5) is 0 Å². The van der Waals surface area contributed by atoms with E-state index in [1.54, 1.807) is 12.4 Å². The van der Waals surface area contributed by atoms with Crippen molar-refractivity contribution in [3.8, 4) is 0 Å². The standard InChI is InChI=1S/C13H19N3O2/c1-9-7-14-8-10(15-9)11-5-6-18-16(11)12(17)13(2,3)4/h7-8,11H,5-6H2,1-4H3/t11-/m0/s1. The van der Waals surface area contributed by atoms with Crippen LogP contribution < -0.4 is 0 Å². The van der Waals surface area contributed by atoms with Gasteiger partial charge in [-0.3, -0.25) is 19.6 Å². The zero-order valence-electron chi connectivity index (χ0n) is 11.3. The largest absolute Gasteiger partial charge is 0.272 e. The van der Waals surface area contributed by atoms with Gasteiger partial charge in [-0.25, -0.2) is 5.06 Å². The molecule has 1 aromatic heterocycles. The summed E-state index contributed by atoms with van der Waals surface area (Å²) in [6, 6.07) is -0.121. The number of amides is 1. The van der Waals surface area contributed by atoms with Gasteiger partial charge >= 0.3 is 0 Å². The number of aryl methyl sites for hydroxylation is 1. The van der Waals surface area contributed by atoms with Crippen LogP contribution in [0.1, 0.15) is 44.6 Å². The number of aromatic nitrogens is 2. The van der Waals surface area contributed by atoms with E-state index in [9.17, 15) is 4.79 Å². The zero-order chi connectivity index (χ0) is 13.3. The van der Waals surface area contributed by atoms with Gasteiger partial charge in [0.15, 0.2) is 0 Å². The average molecular weight is 249 g/mol. The topological polar surface area (TPSA) is 55.3 Å². The summed E-state index contributed by atoms with van der Waals surface area (Å²) in [4.78, 5) is 26.3. The van der Waals surface area contributed by atoms with Gasteiger partial charge in [0.2, 0.25) is 0 Å². The lowest BCUT2D eigenvalue weighted by atomic mass is 9.94. The molecule has 0 saturated carbocycles. The van der Waals surface area contributed by atoms with Gasteiger partial charge in [-0.05, 0) is 6.92 Å². The highest BCUT2D eigenvalue weighted by Crippen LogP contribution is 2.32. The first-order valence-electron chi connectivity index (χ1n) is 6.15. The van der Waals surface area contributed by atoms with Crippen molar-refractivity contribution in [3.05, 3.63) is 23.8 Å². The quantitative estimate of drug-likeness (QED) is 0.764. The lowest BCUT2D eigenvalue weighted by Gasteiger charge is -2.28. The van der Waals surface area contributed by atoms with Crippen molar-refractivity contribution in [2.45, 2.75) is 40.2 Å². The molecule has 1 fully saturated rings. The van der Waals surface area contributed by atoms with Crippen molar-refractivity contribution in [3.63, 3.8) is 0 Å². The summed E-state index contributed by atoms with van der Waals surface area (Å²) < 4.78 is 0. The highest BCUT2D eigenvalue weighted by Gasteiger charge is 2.38. The molecule has 1 saturated heterocycles. The number of carbonyl (C=O) groups excluding carboxylic acids is 1. The lowest BCUT2D eigenvalue weighted by molar-refractivity contribution is -0.186. The molecule has 0 spiro atoms. The van der Waals surface area contributed by atoms with Crippen molar-refractivity contribution in [2.75, 3.05) is 6.61 Å². The molecular formula is C13H19N3O2. The van der Waals surface area contributed by atoms with Crippen molar-refractivity contribution in [1.82, 2.24) is 15.0 Å². The molecule has 0 unspecified atom stereocenters. The highest BCUT2D eigenvalue weighted by atomic mass is 16.7. The zero-order valence-corrected chi connectivity index (χ0v) is 11.3. The molecule has 5 heteroatoms. The molecule has 0 N–H and O–H groups in total. The Kier molecular flexibility index (Phi) is 3.34. The minimum Gasteiger partial charge on any atom is -0.272 e. The first kappa shape index (κ1) is 13.0. The normalized spacial score (nSPS) is 20.2. The van der Waals surface area contributed by atoms with E-state index in [0.29, 0.717) is 6.61 Å². The summed E-state index contributed by atoms with van der Waals surface area (Å²) >= 11 is 0. The monoisotopic (exact) mass is 249 g/mol. The molecule has 1 aliphatic heterocycles. The number of nitrogens with zero attached hydrogens (tertiary/aromatic N) is 3. The average Bonchev–Trinajstić information content (AvgIpc) is 2.75. The van der Waals surface area contributed by atoms with E-state index < -0.39 is 5.41 Å². The molecule has 0 radical (unpaired) electrons. The maximum Gasteiger partial charge on any atom is 0.252 e. The maximum atomic E-state index is 12.3. The fourth-order valence-electron chi connectivity index (χ4n) is 1.91. The van der Waals surface area contributed by atoms with E-state index in [-0.39, 0.29) is 11.9 Å². The van der Waals surface area contributed by atoms with E-state index in [4.69, 9.17) is 4.84 Å². The summed E-state index contributed by atoms with van der Waals surface area (Å²) in [5.74, 6) is -0.0201. The Labute approximate surface area is 107 Å². The molecule has 0 bridgehead atoms. The van der Waals surface area contributed by atoms with Crippen LogP contribution in [-0.4, -0.2) is 27.5 Å². The van der Waals surface area contributed by atoms with Gasteiger partial charge < -0.3 is 0 Å². The van der Waals surface area contributed by atoms with Crippen LogP contribution >= 0.6 is 0 Å². The molecule has 5 nitrogen and oxygen atoms in total. The molecule has 2 rings (SSSR count). The predicted octanol–water partition coefficient (Wildman–Crippen LogP) is 2.04. The van der Waals surface area contributed by atoms with Crippen LogP contribution in [0.3, 0.4) is 0 Å². The SMILES string of the molecule is Cc1cncc([C@@H]2CCON2C(=O)C(C)(C)C)n1. The summed E-state index contributed by atoms with van der Waals surface area (Å²) in [5, 5.41) is 1.46. The fraction of sp³-hybridized carbons (Fsp3) is 0.615. The Morgan fingerprint density at radius 3 is 2.78 bits per heavy atom. The molecule has 0 aromatic carbocycles. The van der Waals surface area contributed by atoms with Crippen LogP contribution in [0.15, 0.2) is 12.4 Å². The Hall–Kier alpha value is -1.49. The molecule has 18 heavy (non-hydrogen) atoms. The first-order valence-corrected chi connectivity index (χ1v) is 6.15. The second kappa shape index (κ2) is 4.65. The third-order valence-corrected chi connectivity index (χ3v) is 2.86. The minimum atomic E-state index is -0.458. The molecule has 2 heterocycles. The van der Waals surface area contributed by atoms with Gasteiger partial charge in [0.25, 0.3) is 5.91 Å². The van der Waals surface area contributed by atoms with Crippen molar-refractivity contribution in [2.24, 2.45) is 5.41 Å². The third kappa shape index (κ3) is 2.51. The number of hydroxylamine groups is 2. The summed E-state index contributed by atoms with van der Waals surface area (Å²) in [6.07, 6.45) is 4.17. The molecule has 0 aliphatic carbocycles. The number of hydrogen-bond acceptors (Lipinski definition) is 4. The van der Waals surface area contributed by atoms with Crippen molar-refractivity contribution >= 4 is 5.91 Å². The molecule has 1 atom stereocenters. The summed E-state index contributed by atoms with van der Waals surface area (Å²) in [5.41, 5.74) is 1.19. The second-order valence-electron chi connectivity index (χ2n) is 5.60. The predicted molar refractivity (Wildman–Crippen MR) is 66.4 cm³/mol. The third-order valence-electron chi connectivity index (χ3n) is 2.86. The molecule has 1 amide bonds. The van der Waals surface area contributed by atoms with Gasteiger partial charge in [0.1, 0.15) is 6.04 Å². The smallest absolute Gasteiger partial charge is 0.252 e. The minimum absolute atomic E-state index is 0.0201. The van der Waals surface area contributed by atoms with E-state index >= 15 is 0 Å². The van der Waals surface area contributed by atoms with Crippen molar-refractivity contribution in [1.29, 1.82) is 0 Å². The van der Waals surface area contributed by atoms with Gasteiger partial charge in [0, 0.05) is 18.0 Å². The molecular weight excluding hydrogens is 230 g/mol. The number of carbonyl (C=O) groups is 1. The number of hydrogen-bond donors (Lipinski definition) is 0. The van der Waals surface area contributed by atoms with E-state index in [1.807, 2.05) is 27.7 Å². The first-order chi connectivity index (χ1) is 8.39. The Balaban J connectivity index is 2.25. The van der Waals surface area contributed by atoms with Crippen LogP contribution in [0.2, 0.25) is 0 Å². The molecule has 1 aliphatic rings. The second-order valence-corrected chi connectivity index (χ2v) is 5.60. The Morgan fingerprint density at radius 2 is 2.17 bits per heavy atom. The Bertz CT molecular complexity index is 454. The Morgan fingerprint density at radius 1 is 1.44 bits per heavy atom. The maximum absolute atomic E-state index is 12.3. The fourth-order valence-corrected chi connectivity index (χ4v) is 1.91. The van der Waals surface area contributed by atoms with Gasteiger partial charge in [-0.15, -0.1) is 0 Å². The highest BCUT2D eigenvalue weighted by molar-refractivity contribution is 5.81. The van der Waals surface area contributed by atoms with Crippen LogP contribution in [0.25, 0.3) is 0 Å². The molecule has 1 aromatic rings. The van der Waals surface area contributed by atoms with Gasteiger partial charge in [-0.1, -0.05) is 20.8 Å². The van der Waals surface area contributed by atoms with Crippen molar-refractivity contribution < 1.29 is 9.63 Å². The summed E-state index contributed by atoms with van der Waals surface area (Å²) in [7, 11) is 0. The van der Waals surface area contributed by atoms with Crippen LogP contribution in [-0.2, 0) is 9.63 Å². The summed E-state index contributed by atoms with van der Waals surface area (Å²) in [6.45, 7) is 8.09.